The third-order valence-electron chi connectivity index (χ3n) is 4.68. The highest BCUT2D eigenvalue weighted by molar-refractivity contribution is 5.93. The number of hydrogen-bond acceptors (Lipinski definition) is 3. The quantitative estimate of drug-likeness (QED) is 0.633. The molecule has 0 fully saturated rings. The summed E-state index contributed by atoms with van der Waals surface area (Å²) in [5.74, 6) is 0.331. The molecule has 1 aromatic heterocycles. The first kappa shape index (κ1) is 18.6. The molecule has 0 aliphatic carbocycles. The van der Waals surface area contributed by atoms with Crippen molar-refractivity contribution in [1.29, 1.82) is 5.26 Å². The van der Waals surface area contributed by atoms with Crippen molar-refractivity contribution >= 4 is 16.8 Å². The van der Waals surface area contributed by atoms with E-state index in [9.17, 15) is 4.79 Å². The lowest BCUT2D eigenvalue weighted by molar-refractivity contribution is -0.121. The van der Waals surface area contributed by atoms with Crippen molar-refractivity contribution < 1.29 is 4.79 Å². The van der Waals surface area contributed by atoms with Gasteiger partial charge in [0.1, 0.15) is 6.54 Å². The zero-order chi connectivity index (χ0) is 19.1. The summed E-state index contributed by atoms with van der Waals surface area (Å²) in [5.41, 5.74) is 4.57. The Morgan fingerprint density at radius 1 is 1.19 bits per heavy atom. The Bertz CT molecular complexity index is 969. The number of hydrogen-bond donors (Lipinski definition) is 1. The number of amides is 1. The fourth-order valence-electron chi connectivity index (χ4n) is 3.31. The predicted molar refractivity (Wildman–Crippen MR) is 108 cm³/mol. The van der Waals surface area contributed by atoms with Gasteiger partial charge in [-0.25, -0.2) is 0 Å². The lowest BCUT2D eigenvalue weighted by Gasteiger charge is -2.13. The number of rotatable bonds is 7. The largest absolute Gasteiger partial charge is 0.343 e. The van der Waals surface area contributed by atoms with Crippen molar-refractivity contribution in [1.82, 2.24) is 10.3 Å². The summed E-state index contributed by atoms with van der Waals surface area (Å²) >= 11 is 0. The molecule has 1 amide bonds. The van der Waals surface area contributed by atoms with Gasteiger partial charge >= 0.3 is 0 Å². The Kier molecular flexibility index (Phi) is 6.17. The highest BCUT2D eigenvalue weighted by Crippen LogP contribution is 2.28. The monoisotopic (exact) mass is 357 g/mol. The van der Waals surface area contributed by atoms with Crippen LogP contribution in [0.1, 0.15) is 25.3 Å². The van der Waals surface area contributed by atoms with E-state index < -0.39 is 0 Å². The van der Waals surface area contributed by atoms with Crippen LogP contribution >= 0.6 is 0 Å². The first-order chi connectivity index (χ1) is 13.2. The molecule has 0 aliphatic heterocycles. The minimum absolute atomic E-state index is 0.0565. The van der Waals surface area contributed by atoms with Crippen LogP contribution in [0.3, 0.4) is 0 Å². The molecule has 0 spiro atoms. The second-order valence-electron chi connectivity index (χ2n) is 6.86. The summed E-state index contributed by atoms with van der Waals surface area (Å²) in [7, 11) is 0. The third-order valence-corrected chi connectivity index (χ3v) is 4.68. The number of fused-ring (bicyclic) bond motifs is 1. The number of aromatic nitrogens is 1. The average molecular weight is 357 g/mol. The van der Waals surface area contributed by atoms with Gasteiger partial charge in [0.25, 0.3) is 0 Å². The highest BCUT2D eigenvalue weighted by Gasteiger charge is 2.10. The molecule has 3 aromatic rings. The van der Waals surface area contributed by atoms with Crippen LogP contribution in [0.2, 0.25) is 0 Å². The van der Waals surface area contributed by atoms with Crippen LogP contribution in [0.25, 0.3) is 22.0 Å². The smallest absolute Gasteiger partial charge is 0.220 e. The van der Waals surface area contributed by atoms with Gasteiger partial charge in [0.15, 0.2) is 0 Å². The lowest BCUT2D eigenvalue weighted by atomic mass is 9.93. The Hall–Kier alpha value is -3.19. The summed E-state index contributed by atoms with van der Waals surface area (Å²) < 4.78 is 0. The third kappa shape index (κ3) is 4.92. The van der Waals surface area contributed by atoms with Crippen LogP contribution in [-0.2, 0) is 11.2 Å². The highest BCUT2D eigenvalue weighted by atomic mass is 16.1. The minimum Gasteiger partial charge on any atom is -0.343 e. The zero-order valence-electron chi connectivity index (χ0n) is 15.5. The summed E-state index contributed by atoms with van der Waals surface area (Å²) in [6.07, 6.45) is 4.00. The number of nitrogens with zero attached hydrogens (tertiary/aromatic N) is 2. The Balaban J connectivity index is 1.70. The molecule has 4 heteroatoms. The van der Waals surface area contributed by atoms with Gasteiger partial charge in [-0.15, -0.1) is 0 Å². The van der Waals surface area contributed by atoms with E-state index in [-0.39, 0.29) is 12.5 Å². The fourth-order valence-corrected chi connectivity index (χ4v) is 3.31. The van der Waals surface area contributed by atoms with Crippen molar-refractivity contribution in [2.75, 3.05) is 6.54 Å². The van der Waals surface area contributed by atoms with E-state index in [0.29, 0.717) is 12.3 Å². The molecule has 0 saturated carbocycles. The number of carbonyl (C=O) groups is 1. The topological polar surface area (TPSA) is 65.8 Å². The minimum atomic E-state index is -0.0565. The van der Waals surface area contributed by atoms with Gasteiger partial charge in [-0.1, -0.05) is 55.5 Å². The molecule has 1 N–H and O–H groups in total. The van der Waals surface area contributed by atoms with Gasteiger partial charge in [-0.2, -0.15) is 5.26 Å². The van der Waals surface area contributed by atoms with Gasteiger partial charge in [-0.05, 0) is 36.0 Å². The van der Waals surface area contributed by atoms with Gasteiger partial charge in [0, 0.05) is 23.6 Å². The molecular formula is C23H23N3O. The maximum atomic E-state index is 11.7. The van der Waals surface area contributed by atoms with E-state index in [1.807, 2.05) is 18.3 Å². The van der Waals surface area contributed by atoms with Crippen molar-refractivity contribution in [2.45, 2.75) is 26.2 Å². The molecule has 0 saturated heterocycles. The summed E-state index contributed by atoms with van der Waals surface area (Å²) in [6.45, 7) is 2.23. The van der Waals surface area contributed by atoms with Crippen molar-refractivity contribution in [3.8, 4) is 17.2 Å². The SMILES string of the molecule is CC(CCC(=O)NCC#N)Cc1cccc(-c2cccc3cccnc23)c1. The molecule has 0 radical (unpaired) electrons. The molecule has 1 atom stereocenters. The van der Waals surface area contributed by atoms with Crippen molar-refractivity contribution in [2.24, 2.45) is 5.92 Å². The number of carbonyl (C=O) groups excluding carboxylic acids is 1. The standard InChI is InChI=1S/C23H23N3O/c1-17(10-11-22(27)25-14-12-24)15-18-5-2-7-20(16-18)21-9-3-6-19-8-4-13-26-23(19)21/h2-9,13,16-17H,10-11,14-15H2,1H3,(H,25,27). The van der Waals surface area contributed by atoms with E-state index in [4.69, 9.17) is 5.26 Å². The maximum absolute atomic E-state index is 11.7. The summed E-state index contributed by atoms with van der Waals surface area (Å²) in [5, 5.41) is 12.2. The maximum Gasteiger partial charge on any atom is 0.220 e. The van der Waals surface area contributed by atoms with E-state index in [2.05, 4.69) is 65.8 Å². The molecule has 0 bridgehead atoms. The van der Waals surface area contributed by atoms with Gasteiger partial charge in [-0.3, -0.25) is 9.78 Å². The number of pyridine rings is 1. The number of nitrogens with one attached hydrogen (secondary N) is 1. The first-order valence-electron chi connectivity index (χ1n) is 9.24. The van der Waals surface area contributed by atoms with Crippen LogP contribution in [0.4, 0.5) is 0 Å². The van der Waals surface area contributed by atoms with E-state index >= 15 is 0 Å². The Labute approximate surface area is 159 Å². The molecule has 2 aromatic carbocycles. The Morgan fingerprint density at radius 2 is 2.00 bits per heavy atom. The van der Waals surface area contributed by atoms with Crippen LogP contribution in [0.15, 0.2) is 60.8 Å². The molecule has 1 unspecified atom stereocenters. The molecule has 27 heavy (non-hydrogen) atoms. The molecule has 0 aliphatic rings. The van der Waals surface area contributed by atoms with Gasteiger partial charge in [0.2, 0.25) is 5.91 Å². The summed E-state index contributed by atoms with van der Waals surface area (Å²) in [4.78, 5) is 16.2. The average Bonchev–Trinajstić information content (AvgIpc) is 2.70. The van der Waals surface area contributed by atoms with Crippen LogP contribution in [-0.4, -0.2) is 17.4 Å². The first-order valence-corrected chi connectivity index (χ1v) is 9.24. The molecule has 3 rings (SSSR count). The number of nitriles is 1. The van der Waals surface area contributed by atoms with Crippen molar-refractivity contribution in [3.05, 3.63) is 66.4 Å². The second-order valence-corrected chi connectivity index (χ2v) is 6.86. The van der Waals surface area contributed by atoms with E-state index in [0.717, 1.165) is 34.9 Å². The van der Waals surface area contributed by atoms with E-state index in [1.54, 1.807) is 0 Å². The van der Waals surface area contributed by atoms with Crippen LogP contribution in [0, 0.1) is 17.2 Å². The number of para-hydroxylation sites is 1. The normalized spacial score (nSPS) is 11.7. The van der Waals surface area contributed by atoms with Gasteiger partial charge < -0.3 is 5.32 Å². The molecule has 4 nitrogen and oxygen atoms in total. The fraction of sp³-hybridized carbons (Fsp3) is 0.261. The lowest BCUT2D eigenvalue weighted by Crippen LogP contribution is -2.23. The van der Waals surface area contributed by atoms with Crippen molar-refractivity contribution in [3.63, 3.8) is 0 Å². The van der Waals surface area contributed by atoms with Gasteiger partial charge in [0.05, 0.1) is 11.6 Å². The van der Waals surface area contributed by atoms with E-state index in [1.165, 1.54) is 5.56 Å². The summed E-state index contributed by atoms with van der Waals surface area (Å²) in [6, 6.07) is 20.8. The predicted octanol–water partition coefficient (Wildman–Crippen LogP) is 4.50. The van der Waals surface area contributed by atoms with Crippen LogP contribution in [0.5, 0.6) is 0 Å². The molecule has 136 valence electrons. The van der Waals surface area contributed by atoms with Crippen LogP contribution < -0.4 is 5.32 Å². The Morgan fingerprint density at radius 3 is 2.85 bits per heavy atom. The molecular weight excluding hydrogens is 334 g/mol. The zero-order valence-corrected chi connectivity index (χ0v) is 15.5. The number of benzene rings is 2. The second kappa shape index (κ2) is 8.95. The molecule has 1 heterocycles.